The maximum atomic E-state index is 10.7. The van der Waals surface area contributed by atoms with Gasteiger partial charge in [-0.2, -0.15) is 5.10 Å². The summed E-state index contributed by atoms with van der Waals surface area (Å²) in [6.07, 6.45) is 1.02. The largest absolute Gasteiger partial charge is 0.452 e. The first-order valence-electron chi connectivity index (χ1n) is 4.58. The number of carbonyl (C=O) groups excluding carboxylic acids is 1. The Hall–Kier alpha value is -1.84. The first kappa shape index (κ1) is 11.2. The Labute approximate surface area is 88.9 Å². The standard InChI is InChI=1S/C11H14N2O2/c1-8-4-5-9(2)10(6-8)7-12-13-11(14)15-3/h4-7H,1-3H3,(H,13,14). The Kier molecular flexibility index (Phi) is 3.85. The van der Waals surface area contributed by atoms with E-state index >= 15 is 0 Å². The highest BCUT2D eigenvalue weighted by atomic mass is 16.5. The van der Waals surface area contributed by atoms with Crippen LogP contribution in [-0.4, -0.2) is 19.4 Å². The molecule has 1 amide bonds. The van der Waals surface area contributed by atoms with Crippen LogP contribution in [0.3, 0.4) is 0 Å². The summed E-state index contributed by atoms with van der Waals surface area (Å²) < 4.78 is 4.38. The van der Waals surface area contributed by atoms with Crippen molar-refractivity contribution in [2.75, 3.05) is 7.11 Å². The van der Waals surface area contributed by atoms with Gasteiger partial charge in [0.2, 0.25) is 0 Å². The zero-order chi connectivity index (χ0) is 11.3. The molecule has 0 unspecified atom stereocenters. The van der Waals surface area contributed by atoms with Crippen molar-refractivity contribution in [3.8, 4) is 0 Å². The average molecular weight is 206 g/mol. The van der Waals surface area contributed by atoms with Crippen LogP contribution in [0.25, 0.3) is 0 Å². The zero-order valence-electron chi connectivity index (χ0n) is 9.07. The van der Waals surface area contributed by atoms with Gasteiger partial charge in [-0.05, 0) is 25.0 Å². The minimum atomic E-state index is -0.573. The molecule has 1 aromatic carbocycles. The third kappa shape index (κ3) is 3.42. The predicted molar refractivity (Wildman–Crippen MR) is 59.1 cm³/mol. The lowest BCUT2D eigenvalue weighted by atomic mass is 10.1. The molecule has 0 aromatic heterocycles. The topological polar surface area (TPSA) is 50.7 Å². The number of carbonyl (C=O) groups is 1. The summed E-state index contributed by atoms with van der Waals surface area (Å²) in [7, 11) is 1.29. The molecule has 1 aromatic rings. The first-order chi connectivity index (χ1) is 7.13. The number of amides is 1. The number of rotatable bonds is 2. The van der Waals surface area contributed by atoms with Crippen molar-refractivity contribution < 1.29 is 9.53 Å². The van der Waals surface area contributed by atoms with Crippen molar-refractivity contribution in [3.63, 3.8) is 0 Å². The van der Waals surface area contributed by atoms with Gasteiger partial charge in [-0.15, -0.1) is 0 Å². The van der Waals surface area contributed by atoms with Crippen molar-refractivity contribution in [1.29, 1.82) is 0 Å². The third-order valence-corrected chi connectivity index (χ3v) is 1.98. The quantitative estimate of drug-likeness (QED) is 0.594. The molecule has 0 aliphatic heterocycles. The van der Waals surface area contributed by atoms with Gasteiger partial charge in [-0.1, -0.05) is 23.8 Å². The molecular formula is C11H14N2O2. The summed E-state index contributed by atoms with van der Waals surface area (Å²) in [4.78, 5) is 10.7. The molecular weight excluding hydrogens is 192 g/mol. The van der Waals surface area contributed by atoms with Crippen LogP contribution in [0.2, 0.25) is 0 Å². The number of nitrogens with zero attached hydrogens (tertiary/aromatic N) is 1. The van der Waals surface area contributed by atoms with Crippen molar-refractivity contribution in [2.24, 2.45) is 5.10 Å². The fourth-order valence-electron chi connectivity index (χ4n) is 1.10. The van der Waals surface area contributed by atoms with Crippen LogP contribution in [0.15, 0.2) is 23.3 Å². The van der Waals surface area contributed by atoms with Crippen molar-refractivity contribution >= 4 is 12.3 Å². The number of hydrogen-bond acceptors (Lipinski definition) is 3. The lowest BCUT2D eigenvalue weighted by Crippen LogP contribution is -2.16. The highest BCUT2D eigenvalue weighted by Gasteiger charge is 1.96. The van der Waals surface area contributed by atoms with Crippen LogP contribution < -0.4 is 5.43 Å². The first-order valence-corrected chi connectivity index (χ1v) is 4.58. The smallest absolute Gasteiger partial charge is 0.427 e. The summed E-state index contributed by atoms with van der Waals surface area (Å²) in [5.74, 6) is 0. The second-order valence-electron chi connectivity index (χ2n) is 3.22. The van der Waals surface area contributed by atoms with Gasteiger partial charge in [0.05, 0.1) is 13.3 Å². The molecule has 0 saturated carbocycles. The van der Waals surface area contributed by atoms with E-state index in [0.717, 1.165) is 16.7 Å². The number of benzene rings is 1. The van der Waals surface area contributed by atoms with E-state index < -0.39 is 6.09 Å². The minimum Gasteiger partial charge on any atom is -0.452 e. The Bertz CT molecular complexity index is 386. The summed E-state index contributed by atoms with van der Waals surface area (Å²) >= 11 is 0. The fraction of sp³-hybridized carbons (Fsp3) is 0.273. The van der Waals surface area contributed by atoms with Crippen LogP contribution in [0.5, 0.6) is 0 Å². The Morgan fingerprint density at radius 2 is 2.20 bits per heavy atom. The molecule has 0 aliphatic rings. The molecule has 0 atom stereocenters. The lowest BCUT2D eigenvalue weighted by molar-refractivity contribution is 0.171. The summed E-state index contributed by atoms with van der Waals surface area (Å²) in [5, 5.41) is 3.76. The summed E-state index contributed by atoms with van der Waals surface area (Å²) in [5.41, 5.74) is 5.47. The Morgan fingerprint density at radius 3 is 2.87 bits per heavy atom. The van der Waals surface area contributed by atoms with Gasteiger partial charge < -0.3 is 4.74 Å². The molecule has 0 fully saturated rings. The molecule has 15 heavy (non-hydrogen) atoms. The third-order valence-electron chi connectivity index (χ3n) is 1.98. The average Bonchev–Trinajstić information content (AvgIpc) is 2.23. The van der Waals surface area contributed by atoms with E-state index in [4.69, 9.17) is 0 Å². The number of hydrazone groups is 1. The second kappa shape index (κ2) is 5.14. The highest BCUT2D eigenvalue weighted by Crippen LogP contribution is 2.07. The molecule has 1 N–H and O–H groups in total. The number of ether oxygens (including phenoxy) is 1. The van der Waals surface area contributed by atoms with E-state index in [1.165, 1.54) is 7.11 Å². The maximum absolute atomic E-state index is 10.7. The molecule has 4 heteroatoms. The number of nitrogens with one attached hydrogen (secondary N) is 1. The number of methoxy groups -OCH3 is 1. The van der Waals surface area contributed by atoms with Crippen molar-refractivity contribution in [3.05, 3.63) is 34.9 Å². The van der Waals surface area contributed by atoms with E-state index in [1.54, 1.807) is 6.21 Å². The molecule has 0 heterocycles. The molecule has 0 bridgehead atoms. The van der Waals surface area contributed by atoms with E-state index in [9.17, 15) is 4.79 Å². The van der Waals surface area contributed by atoms with Crippen molar-refractivity contribution in [1.82, 2.24) is 5.43 Å². The SMILES string of the molecule is COC(=O)NN=Cc1cc(C)ccc1C. The normalized spacial score (nSPS) is 10.3. The van der Waals surface area contributed by atoms with E-state index in [0.29, 0.717) is 0 Å². The van der Waals surface area contributed by atoms with Crippen LogP contribution in [-0.2, 0) is 4.74 Å². The van der Waals surface area contributed by atoms with Crippen LogP contribution in [0, 0.1) is 13.8 Å². The monoisotopic (exact) mass is 206 g/mol. The predicted octanol–water partition coefficient (Wildman–Crippen LogP) is 1.99. The summed E-state index contributed by atoms with van der Waals surface area (Å²) in [6, 6.07) is 6.03. The number of hydrogen-bond donors (Lipinski definition) is 1. The molecule has 0 spiro atoms. The zero-order valence-corrected chi connectivity index (χ0v) is 9.07. The summed E-state index contributed by atoms with van der Waals surface area (Å²) in [6.45, 7) is 3.99. The van der Waals surface area contributed by atoms with E-state index in [2.05, 4.69) is 15.3 Å². The van der Waals surface area contributed by atoms with Crippen LogP contribution in [0.4, 0.5) is 4.79 Å². The van der Waals surface area contributed by atoms with Gasteiger partial charge in [0.1, 0.15) is 0 Å². The second-order valence-corrected chi connectivity index (χ2v) is 3.22. The maximum Gasteiger partial charge on any atom is 0.427 e. The Balaban J connectivity index is 2.71. The van der Waals surface area contributed by atoms with Gasteiger partial charge >= 0.3 is 6.09 Å². The Morgan fingerprint density at radius 1 is 1.47 bits per heavy atom. The molecule has 0 aliphatic carbocycles. The fourth-order valence-corrected chi connectivity index (χ4v) is 1.10. The highest BCUT2D eigenvalue weighted by molar-refractivity contribution is 5.82. The van der Waals surface area contributed by atoms with E-state index in [-0.39, 0.29) is 0 Å². The lowest BCUT2D eigenvalue weighted by Gasteiger charge is -2.01. The van der Waals surface area contributed by atoms with Crippen molar-refractivity contribution in [2.45, 2.75) is 13.8 Å². The van der Waals surface area contributed by atoms with Crippen LogP contribution in [0.1, 0.15) is 16.7 Å². The molecule has 4 nitrogen and oxygen atoms in total. The minimum absolute atomic E-state index is 0.573. The molecule has 0 radical (unpaired) electrons. The molecule has 80 valence electrons. The molecule has 0 saturated heterocycles. The van der Waals surface area contributed by atoms with E-state index in [1.807, 2.05) is 32.0 Å². The van der Waals surface area contributed by atoms with Crippen LogP contribution >= 0.6 is 0 Å². The van der Waals surface area contributed by atoms with Gasteiger partial charge in [-0.3, -0.25) is 0 Å². The number of aryl methyl sites for hydroxylation is 2. The van der Waals surface area contributed by atoms with Gasteiger partial charge in [0.15, 0.2) is 0 Å². The van der Waals surface area contributed by atoms with Gasteiger partial charge in [0, 0.05) is 0 Å². The van der Waals surface area contributed by atoms with Gasteiger partial charge in [0.25, 0.3) is 0 Å². The van der Waals surface area contributed by atoms with Gasteiger partial charge in [-0.25, -0.2) is 10.2 Å². The molecule has 1 rings (SSSR count).